The molecular weight excluding hydrogens is 198 g/mol. The average molecular weight is 212 g/mol. The van der Waals surface area contributed by atoms with E-state index in [9.17, 15) is 13.6 Å². The number of hydrogen-bond donors (Lipinski definition) is 0. The van der Waals surface area contributed by atoms with Crippen LogP contribution >= 0.6 is 0 Å². The van der Waals surface area contributed by atoms with E-state index in [0.717, 1.165) is 5.56 Å². The average Bonchev–Trinajstić information content (AvgIpc) is 2.16. The third-order valence-corrected chi connectivity index (χ3v) is 2.31. The summed E-state index contributed by atoms with van der Waals surface area (Å²) in [6.07, 6.45) is 0. The van der Waals surface area contributed by atoms with Crippen LogP contribution in [0.4, 0.5) is 8.78 Å². The molecule has 0 saturated carbocycles. The smallest absolute Gasteiger partial charge is 0.287 e. The summed E-state index contributed by atoms with van der Waals surface area (Å²) in [7, 11) is 0. The Balaban J connectivity index is 3.05. The Hall–Kier alpha value is -1.25. The van der Waals surface area contributed by atoms with Crippen LogP contribution in [-0.2, 0) is 0 Å². The van der Waals surface area contributed by atoms with Crippen LogP contribution in [0.5, 0.6) is 0 Å². The summed E-state index contributed by atoms with van der Waals surface area (Å²) in [6, 6.07) is 6.29. The molecule has 1 rings (SSSR count). The minimum Gasteiger partial charge on any atom is -0.287 e. The van der Waals surface area contributed by atoms with E-state index in [1.165, 1.54) is 26.0 Å². The zero-order valence-electron chi connectivity index (χ0n) is 9.05. The second kappa shape index (κ2) is 4.09. The third kappa shape index (κ3) is 2.41. The summed E-state index contributed by atoms with van der Waals surface area (Å²) < 4.78 is 26.8. The van der Waals surface area contributed by atoms with Crippen LogP contribution in [0.1, 0.15) is 29.8 Å². The van der Waals surface area contributed by atoms with Crippen molar-refractivity contribution in [3.63, 3.8) is 0 Å². The predicted octanol–water partition coefficient (Wildman–Crippen LogP) is 3.47. The third-order valence-electron chi connectivity index (χ3n) is 2.31. The fourth-order valence-electron chi connectivity index (χ4n) is 1.24. The minimum atomic E-state index is -3.28. The van der Waals surface area contributed by atoms with E-state index in [-0.39, 0.29) is 5.56 Å². The molecule has 1 nitrogen and oxygen atoms in total. The maximum atomic E-state index is 13.4. The van der Waals surface area contributed by atoms with Crippen LogP contribution in [0.2, 0.25) is 0 Å². The molecular formula is C12H14F2O. The number of ketones is 1. The first-order valence-corrected chi connectivity index (χ1v) is 4.85. The molecule has 0 aliphatic heterocycles. The first kappa shape index (κ1) is 11.8. The van der Waals surface area contributed by atoms with E-state index in [2.05, 4.69) is 0 Å². The maximum absolute atomic E-state index is 13.4. The van der Waals surface area contributed by atoms with E-state index in [0.29, 0.717) is 0 Å². The number of halogens is 2. The van der Waals surface area contributed by atoms with Crippen LogP contribution < -0.4 is 0 Å². The number of carbonyl (C=O) groups excluding carboxylic acids is 1. The van der Waals surface area contributed by atoms with Gasteiger partial charge in [-0.15, -0.1) is 0 Å². The molecule has 0 saturated heterocycles. The Bertz CT molecular complexity index is 370. The van der Waals surface area contributed by atoms with Gasteiger partial charge < -0.3 is 0 Å². The number of alkyl halides is 2. The number of carbonyl (C=O) groups is 1. The number of aryl methyl sites for hydroxylation is 1. The number of Topliss-reactive ketones (excluding diaryl/α,β-unsaturated/α-hetero) is 1. The van der Waals surface area contributed by atoms with Gasteiger partial charge in [-0.3, -0.25) is 4.79 Å². The Labute approximate surface area is 88.1 Å². The second-order valence-corrected chi connectivity index (χ2v) is 3.98. The molecule has 0 N–H and O–H groups in total. The van der Waals surface area contributed by atoms with Gasteiger partial charge in [-0.05, 0) is 13.0 Å². The molecule has 3 heteroatoms. The van der Waals surface area contributed by atoms with Crippen molar-refractivity contribution in [3.8, 4) is 0 Å². The molecule has 0 unspecified atom stereocenters. The zero-order chi connectivity index (χ0) is 11.6. The lowest BCUT2D eigenvalue weighted by Crippen LogP contribution is -2.34. The summed E-state index contributed by atoms with van der Waals surface area (Å²) in [6.45, 7) is 4.45. The minimum absolute atomic E-state index is 0.0775. The highest BCUT2D eigenvalue weighted by Crippen LogP contribution is 2.28. The van der Waals surface area contributed by atoms with E-state index in [4.69, 9.17) is 0 Å². The van der Waals surface area contributed by atoms with Crippen molar-refractivity contribution in [2.45, 2.75) is 26.7 Å². The fourth-order valence-corrected chi connectivity index (χ4v) is 1.24. The summed E-state index contributed by atoms with van der Waals surface area (Å²) in [5.74, 6) is -5.36. The summed E-state index contributed by atoms with van der Waals surface area (Å²) in [5.41, 5.74) is 0.883. The van der Waals surface area contributed by atoms with Gasteiger partial charge in [0.15, 0.2) is 0 Å². The first-order valence-electron chi connectivity index (χ1n) is 4.85. The summed E-state index contributed by atoms with van der Waals surface area (Å²) in [5, 5.41) is 0. The molecule has 0 aliphatic rings. The van der Waals surface area contributed by atoms with Gasteiger partial charge in [0.2, 0.25) is 5.78 Å². The maximum Gasteiger partial charge on any atom is 0.311 e. The molecule has 0 spiro atoms. The zero-order valence-corrected chi connectivity index (χ0v) is 9.05. The molecule has 0 radical (unpaired) electrons. The molecule has 0 heterocycles. The molecule has 1 aromatic carbocycles. The Morgan fingerprint density at radius 2 is 1.93 bits per heavy atom. The molecule has 82 valence electrons. The van der Waals surface area contributed by atoms with E-state index in [1.807, 2.05) is 0 Å². The standard InChI is InChI=1S/C12H14F2O/c1-8(2)12(13,14)11(15)10-6-4-5-9(3)7-10/h4-8H,1-3H3. The van der Waals surface area contributed by atoms with Gasteiger partial charge in [0.05, 0.1) is 0 Å². The van der Waals surface area contributed by atoms with Crippen LogP contribution in [-0.4, -0.2) is 11.7 Å². The van der Waals surface area contributed by atoms with Crippen molar-refractivity contribution in [1.82, 2.24) is 0 Å². The lowest BCUT2D eigenvalue weighted by atomic mass is 9.96. The van der Waals surface area contributed by atoms with Gasteiger partial charge in [0, 0.05) is 11.5 Å². The molecule has 1 aromatic rings. The largest absolute Gasteiger partial charge is 0.311 e. The Morgan fingerprint density at radius 3 is 2.40 bits per heavy atom. The predicted molar refractivity (Wildman–Crippen MR) is 55.3 cm³/mol. The van der Waals surface area contributed by atoms with E-state index < -0.39 is 17.6 Å². The molecule has 0 atom stereocenters. The highest BCUT2D eigenvalue weighted by molar-refractivity contribution is 6.01. The monoisotopic (exact) mass is 212 g/mol. The summed E-state index contributed by atoms with van der Waals surface area (Å²) in [4.78, 5) is 11.5. The Morgan fingerprint density at radius 1 is 1.33 bits per heavy atom. The lowest BCUT2D eigenvalue weighted by molar-refractivity contribution is -0.0203. The molecule has 0 amide bonds. The van der Waals surface area contributed by atoms with Gasteiger partial charge in [-0.1, -0.05) is 37.6 Å². The topological polar surface area (TPSA) is 17.1 Å². The highest BCUT2D eigenvalue weighted by atomic mass is 19.3. The number of rotatable bonds is 3. The Kier molecular flexibility index (Phi) is 3.22. The highest BCUT2D eigenvalue weighted by Gasteiger charge is 2.42. The first-order chi connectivity index (χ1) is 6.85. The van der Waals surface area contributed by atoms with Crippen LogP contribution in [0, 0.1) is 12.8 Å². The van der Waals surface area contributed by atoms with E-state index in [1.54, 1.807) is 19.1 Å². The van der Waals surface area contributed by atoms with Gasteiger partial charge in [-0.25, -0.2) is 0 Å². The normalized spacial score (nSPS) is 11.9. The van der Waals surface area contributed by atoms with Crippen molar-refractivity contribution in [1.29, 1.82) is 0 Å². The van der Waals surface area contributed by atoms with Gasteiger partial charge in [-0.2, -0.15) is 8.78 Å². The lowest BCUT2D eigenvalue weighted by Gasteiger charge is -2.18. The summed E-state index contributed by atoms with van der Waals surface area (Å²) >= 11 is 0. The van der Waals surface area contributed by atoms with Crippen molar-refractivity contribution < 1.29 is 13.6 Å². The van der Waals surface area contributed by atoms with Gasteiger partial charge in [0.25, 0.3) is 0 Å². The fraction of sp³-hybridized carbons (Fsp3) is 0.417. The van der Waals surface area contributed by atoms with Crippen LogP contribution in [0.25, 0.3) is 0 Å². The molecule has 0 aliphatic carbocycles. The molecule has 0 fully saturated rings. The number of benzene rings is 1. The molecule has 0 bridgehead atoms. The van der Waals surface area contributed by atoms with Crippen molar-refractivity contribution >= 4 is 5.78 Å². The van der Waals surface area contributed by atoms with Crippen molar-refractivity contribution in [2.75, 3.05) is 0 Å². The van der Waals surface area contributed by atoms with Crippen molar-refractivity contribution in [2.24, 2.45) is 5.92 Å². The van der Waals surface area contributed by atoms with Crippen LogP contribution in [0.15, 0.2) is 24.3 Å². The van der Waals surface area contributed by atoms with Crippen molar-refractivity contribution in [3.05, 3.63) is 35.4 Å². The second-order valence-electron chi connectivity index (χ2n) is 3.98. The van der Waals surface area contributed by atoms with E-state index >= 15 is 0 Å². The quantitative estimate of drug-likeness (QED) is 0.701. The molecule has 15 heavy (non-hydrogen) atoms. The van der Waals surface area contributed by atoms with Crippen LogP contribution in [0.3, 0.4) is 0 Å². The van der Waals surface area contributed by atoms with Gasteiger partial charge in [0.1, 0.15) is 0 Å². The number of hydrogen-bond acceptors (Lipinski definition) is 1. The SMILES string of the molecule is Cc1cccc(C(=O)C(F)(F)C(C)C)c1. The molecule has 0 aromatic heterocycles. The van der Waals surface area contributed by atoms with Gasteiger partial charge >= 0.3 is 5.92 Å².